The molecule has 2 aliphatic heterocycles. The third-order valence-electron chi connectivity index (χ3n) is 5.99. The summed E-state index contributed by atoms with van der Waals surface area (Å²) in [5.41, 5.74) is 2.19. The Labute approximate surface area is 165 Å². The van der Waals surface area contributed by atoms with Gasteiger partial charge in [-0.05, 0) is 42.5 Å². The lowest BCUT2D eigenvalue weighted by Gasteiger charge is -2.44. The number of aromatic amines is 1. The number of hydrogen-bond acceptors (Lipinski definition) is 4. The number of hydrazine groups is 1. The van der Waals surface area contributed by atoms with Crippen LogP contribution in [0.4, 0.5) is 4.39 Å². The molecule has 0 spiro atoms. The number of hydrogen-bond donors (Lipinski definition) is 1. The van der Waals surface area contributed by atoms with Crippen molar-refractivity contribution in [1.82, 2.24) is 23.6 Å². The second-order valence-electron chi connectivity index (χ2n) is 7.80. The van der Waals surface area contributed by atoms with Gasteiger partial charge in [-0.25, -0.2) is 14.4 Å². The summed E-state index contributed by atoms with van der Waals surface area (Å²) >= 11 is 0. The van der Waals surface area contributed by atoms with E-state index in [1.54, 1.807) is 30.5 Å². The van der Waals surface area contributed by atoms with Gasteiger partial charge in [-0.1, -0.05) is 0 Å². The lowest BCUT2D eigenvalue weighted by molar-refractivity contribution is -0.0610. The third kappa shape index (κ3) is 3.69. The number of aromatic nitrogens is 1. The van der Waals surface area contributed by atoms with Crippen molar-refractivity contribution in [2.45, 2.75) is 18.8 Å². The molecule has 9 heteroatoms. The summed E-state index contributed by atoms with van der Waals surface area (Å²) in [6.07, 6.45) is 4.05. The van der Waals surface area contributed by atoms with E-state index in [4.69, 9.17) is 0 Å². The largest absolute Gasteiger partial charge is 0.361 e. The Morgan fingerprint density at radius 2 is 1.68 bits per heavy atom. The molecule has 0 unspecified atom stereocenters. The predicted octanol–water partition coefficient (Wildman–Crippen LogP) is 1.83. The molecule has 0 amide bonds. The van der Waals surface area contributed by atoms with E-state index in [1.807, 2.05) is 6.20 Å². The minimum atomic E-state index is -3.33. The molecule has 3 heterocycles. The number of nitrogens with one attached hydrogen (secondary N) is 1. The van der Waals surface area contributed by atoms with Gasteiger partial charge < -0.3 is 4.98 Å². The molecule has 2 fully saturated rings. The zero-order chi connectivity index (χ0) is 19.9. The molecule has 0 saturated carbocycles. The fourth-order valence-electron chi connectivity index (χ4n) is 4.33. The molecule has 2 saturated heterocycles. The smallest absolute Gasteiger partial charge is 0.281 e. The number of benzene rings is 1. The maximum Gasteiger partial charge on any atom is 0.281 e. The van der Waals surface area contributed by atoms with Crippen LogP contribution in [0.2, 0.25) is 0 Å². The lowest BCUT2D eigenvalue weighted by atomic mass is 9.89. The normalized spacial score (nSPS) is 21.7. The lowest BCUT2D eigenvalue weighted by Crippen LogP contribution is -2.57. The first-order valence-corrected chi connectivity index (χ1v) is 11.2. The number of piperidine rings is 1. The molecule has 1 N–H and O–H groups in total. The van der Waals surface area contributed by atoms with Crippen molar-refractivity contribution < 1.29 is 12.8 Å². The summed E-state index contributed by atoms with van der Waals surface area (Å²) in [6, 6.07) is 4.91. The Bertz CT molecular complexity index is 929. The standard InChI is InChI=1S/C19H28FN5O2S/c1-22(2)28(26,27)25-11-9-24(10-12-25)23-7-5-15(6-8-23)18-14-21-19-4-3-16(20)13-17(18)19/h3-4,13-15,21H,5-12H2,1-2H3. The van der Waals surface area contributed by atoms with Crippen molar-refractivity contribution in [3.8, 4) is 0 Å². The Morgan fingerprint density at radius 3 is 2.32 bits per heavy atom. The van der Waals surface area contributed by atoms with E-state index in [1.165, 1.54) is 15.9 Å². The van der Waals surface area contributed by atoms with Crippen molar-refractivity contribution in [2.24, 2.45) is 0 Å². The van der Waals surface area contributed by atoms with Crippen LogP contribution in [-0.4, -0.2) is 85.4 Å². The average Bonchev–Trinajstić information content (AvgIpc) is 3.11. The zero-order valence-corrected chi connectivity index (χ0v) is 17.3. The number of fused-ring (bicyclic) bond motifs is 1. The van der Waals surface area contributed by atoms with Crippen LogP contribution in [0, 0.1) is 5.82 Å². The molecule has 154 valence electrons. The van der Waals surface area contributed by atoms with Crippen molar-refractivity contribution in [3.05, 3.63) is 35.8 Å². The summed E-state index contributed by atoms with van der Waals surface area (Å²) < 4.78 is 41.0. The van der Waals surface area contributed by atoms with Crippen molar-refractivity contribution >= 4 is 21.1 Å². The molecule has 1 aromatic heterocycles. The number of piperazine rings is 1. The minimum absolute atomic E-state index is 0.198. The van der Waals surface area contributed by atoms with Gasteiger partial charge in [0.25, 0.3) is 10.2 Å². The highest BCUT2D eigenvalue weighted by Crippen LogP contribution is 2.34. The van der Waals surface area contributed by atoms with Crippen LogP contribution in [0.25, 0.3) is 10.9 Å². The number of halogens is 1. The van der Waals surface area contributed by atoms with Crippen LogP contribution in [0.1, 0.15) is 24.3 Å². The van der Waals surface area contributed by atoms with Gasteiger partial charge in [-0.3, -0.25) is 0 Å². The van der Waals surface area contributed by atoms with E-state index in [0.717, 1.165) is 49.9 Å². The molecule has 0 bridgehead atoms. The first kappa shape index (κ1) is 19.8. The van der Waals surface area contributed by atoms with Gasteiger partial charge in [0, 0.05) is 70.5 Å². The molecule has 0 atom stereocenters. The second-order valence-corrected chi connectivity index (χ2v) is 9.95. The average molecular weight is 410 g/mol. The van der Waals surface area contributed by atoms with Crippen molar-refractivity contribution in [3.63, 3.8) is 0 Å². The van der Waals surface area contributed by atoms with E-state index >= 15 is 0 Å². The van der Waals surface area contributed by atoms with E-state index in [2.05, 4.69) is 15.0 Å². The summed E-state index contributed by atoms with van der Waals surface area (Å²) in [7, 11) is -0.184. The molecule has 0 radical (unpaired) electrons. The molecule has 0 aliphatic carbocycles. The summed E-state index contributed by atoms with van der Waals surface area (Å²) in [5.74, 6) is 0.221. The Morgan fingerprint density at radius 1 is 1.04 bits per heavy atom. The van der Waals surface area contributed by atoms with Crippen LogP contribution in [-0.2, 0) is 10.2 Å². The van der Waals surface area contributed by atoms with Gasteiger partial charge in [0.05, 0.1) is 0 Å². The van der Waals surface area contributed by atoms with E-state index in [9.17, 15) is 12.8 Å². The first-order chi connectivity index (χ1) is 13.4. The van der Waals surface area contributed by atoms with E-state index < -0.39 is 10.2 Å². The monoisotopic (exact) mass is 409 g/mol. The minimum Gasteiger partial charge on any atom is -0.361 e. The van der Waals surface area contributed by atoms with Crippen molar-refractivity contribution in [2.75, 3.05) is 53.4 Å². The van der Waals surface area contributed by atoms with Crippen molar-refractivity contribution in [1.29, 1.82) is 0 Å². The van der Waals surface area contributed by atoms with Crippen LogP contribution in [0.15, 0.2) is 24.4 Å². The molecule has 4 rings (SSSR count). The van der Waals surface area contributed by atoms with Crippen LogP contribution in [0.3, 0.4) is 0 Å². The van der Waals surface area contributed by atoms with Gasteiger partial charge in [-0.15, -0.1) is 0 Å². The van der Waals surface area contributed by atoms with Crippen LogP contribution < -0.4 is 0 Å². The molecule has 1 aromatic carbocycles. The van der Waals surface area contributed by atoms with Gasteiger partial charge >= 0.3 is 0 Å². The number of nitrogens with zero attached hydrogens (tertiary/aromatic N) is 4. The van der Waals surface area contributed by atoms with Crippen LogP contribution >= 0.6 is 0 Å². The predicted molar refractivity (Wildman–Crippen MR) is 108 cm³/mol. The summed E-state index contributed by atoms with van der Waals surface area (Å²) in [5, 5.41) is 5.62. The molecular formula is C19H28FN5O2S. The molecule has 2 aromatic rings. The SMILES string of the molecule is CN(C)S(=O)(=O)N1CCN(N2CCC(c3c[nH]c4ccc(F)cc34)CC2)CC1. The number of rotatable bonds is 4. The molecule has 28 heavy (non-hydrogen) atoms. The van der Waals surface area contributed by atoms with Gasteiger partial charge in [-0.2, -0.15) is 17.0 Å². The highest BCUT2D eigenvalue weighted by molar-refractivity contribution is 7.86. The zero-order valence-electron chi connectivity index (χ0n) is 16.4. The maximum atomic E-state index is 13.7. The fraction of sp³-hybridized carbons (Fsp3) is 0.579. The first-order valence-electron chi connectivity index (χ1n) is 9.80. The highest BCUT2D eigenvalue weighted by atomic mass is 32.2. The molecule has 7 nitrogen and oxygen atoms in total. The van der Waals surface area contributed by atoms with Gasteiger partial charge in [0.1, 0.15) is 5.82 Å². The maximum absolute atomic E-state index is 13.7. The van der Waals surface area contributed by atoms with Gasteiger partial charge in [0.2, 0.25) is 0 Å². The van der Waals surface area contributed by atoms with E-state index in [0.29, 0.717) is 19.0 Å². The van der Waals surface area contributed by atoms with Gasteiger partial charge in [0.15, 0.2) is 0 Å². The summed E-state index contributed by atoms with van der Waals surface area (Å²) in [4.78, 5) is 3.26. The molecule has 2 aliphatic rings. The van der Waals surface area contributed by atoms with E-state index in [-0.39, 0.29) is 5.82 Å². The second kappa shape index (κ2) is 7.72. The Hall–Kier alpha value is -1.52. The summed E-state index contributed by atoms with van der Waals surface area (Å²) in [6.45, 7) is 4.34. The highest BCUT2D eigenvalue weighted by Gasteiger charge is 2.32. The number of H-pyrrole nitrogens is 1. The fourth-order valence-corrected chi connectivity index (χ4v) is 5.42. The Kier molecular flexibility index (Phi) is 5.45. The third-order valence-corrected chi connectivity index (χ3v) is 7.93. The topological polar surface area (TPSA) is 62.9 Å². The van der Waals surface area contributed by atoms with Crippen LogP contribution in [0.5, 0.6) is 0 Å². The molecular weight excluding hydrogens is 381 g/mol. The Balaban J connectivity index is 1.35. The quantitative estimate of drug-likeness (QED) is 0.837.